The Bertz CT molecular complexity index is 495. The molecule has 5 heteroatoms. The van der Waals surface area contributed by atoms with Crippen LogP contribution in [0.3, 0.4) is 0 Å². The van der Waals surface area contributed by atoms with Crippen LogP contribution in [0.1, 0.15) is 44.6 Å². The maximum absolute atomic E-state index is 5.27. The van der Waals surface area contributed by atoms with Crippen molar-refractivity contribution in [2.75, 3.05) is 20.7 Å². The summed E-state index contributed by atoms with van der Waals surface area (Å²) in [5.41, 5.74) is 1.47. The summed E-state index contributed by atoms with van der Waals surface area (Å²) in [6.45, 7) is 3.94. The molecule has 1 aliphatic carbocycles. The topological polar surface area (TPSA) is 58.5 Å². The van der Waals surface area contributed by atoms with Crippen molar-refractivity contribution in [1.82, 2.24) is 15.6 Å². The molecule has 122 valence electrons. The van der Waals surface area contributed by atoms with Gasteiger partial charge in [-0.05, 0) is 30.7 Å². The average Bonchev–Trinajstić information content (AvgIpc) is 3.05. The molecule has 1 heterocycles. The van der Waals surface area contributed by atoms with Crippen molar-refractivity contribution in [3.8, 4) is 5.88 Å². The molecule has 2 N–H and O–H groups in total. The van der Waals surface area contributed by atoms with Gasteiger partial charge in [-0.3, -0.25) is 4.99 Å². The molecule has 0 radical (unpaired) electrons. The molecule has 0 saturated heterocycles. The molecule has 1 aromatic rings. The molecule has 5 nitrogen and oxygen atoms in total. The zero-order chi connectivity index (χ0) is 15.8. The van der Waals surface area contributed by atoms with E-state index in [1.807, 2.05) is 19.2 Å². The predicted molar refractivity (Wildman–Crippen MR) is 90.2 cm³/mol. The minimum absolute atomic E-state index is 0.448. The Labute approximate surface area is 133 Å². The van der Waals surface area contributed by atoms with Crippen LogP contribution >= 0.6 is 0 Å². The first-order chi connectivity index (χ1) is 10.7. The normalized spacial score (nSPS) is 17.3. The first kappa shape index (κ1) is 16.6. The van der Waals surface area contributed by atoms with Gasteiger partial charge in [-0.15, -0.1) is 0 Å². The van der Waals surface area contributed by atoms with Gasteiger partial charge in [0, 0.05) is 31.9 Å². The van der Waals surface area contributed by atoms with Gasteiger partial charge in [0.2, 0.25) is 5.88 Å². The lowest BCUT2D eigenvalue weighted by molar-refractivity contribution is 0.283. The SMILES string of the molecule is CCC1(CNC(=NC)NCc2cccnc2OC)CCCC1. The van der Waals surface area contributed by atoms with E-state index < -0.39 is 0 Å². The third-order valence-corrected chi connectivity index (χ3v) is 4.76. The fraction of sp³-hybridized carbons (Fsp3) is 0.647. The summed E-state index contributed by atoms with van der Waals surface area (Å²) < 4.78 is 5.27. The van der Waals surface area contributed by atoms with Crippen LogP contribution in [0, 0.1) is 5.41 Å². The van der Waals surface area contributed by atoms with Gasteiger partial charge in [-0.25, -0.2) is 4.98 Å². The number of nitrogens with one attached hydrogen (secondary N) is 2. The summed E-state index contributed by atoms with van der Waals surface area (Å²) in [6, 6.07) is 3.93. The molecule has 2 rings (SSSR count). The molecule has 0 aliphatic heterocycles. The Morgan fingerprint density at radius 3 is 2.77 bits per heavy atom. The molecule has 1 aromatic heterocycles. The molecule has 1 saturated carbocycles. The van der Waals surface area contributed by atoms with E-state index in [0.717, 1.165) is 18.1 Å². The zero-order valence-electron chi connectivity index (χ0n) is 14.0. The number of nitrogens with zero attached hydrogens (tertiary/aromatic N) is 2. The van der Waals surface area contributed by atoms with Gasteiger partial charge in [0.1, 0.15) is 0 Å². The zero-order valence-corrected chi connectivity index (χ0v) is 14.0. The standard InChI is InChI=1S/C17H28N4O/c1-4-17(9-5-6-10-17)13-21-16(18-2)20-12-14-8-7-11-19-15(14)22-3/h7-8,11H,4-6,9-10,12-13H2,1-3H3,(H2,18,20,21). The van der Waals surface area contributed by atoms with E-state index >= 15 is 0 Å². The molecule has 0 amide bonds. The Morgan fingerprint density at radius 1 is 1.36 bits per heavy atom. The summed E-state index contributed by atoms with van der Waals surface area (Å²) in [6.07, 6.45) is 8.32. The van der Waals surface area contributed by atoms with Crippen LogP contribution in [-0.2, 0) is 6.54 Å². The molecule has 0 atom stereocenters. The molecule has 1 aliphatic rings. The highest BCUT2D eigenvalue weighted by molar-refractivity contribution is 5.79. The second kappa shape index (κ2) is 8.01. The van der Waals surface area contributed by atoms with Gasteiger partial charge in [0.25, 0.3) is 0 Å². The Morgan fingerprint density at radius 2 is 2.14 bits per heavy atom. The molecular formula is C17H28N4O. The predicted octanol–water partition coefficient (Wildman–Crippen LogP) is 2.73. The highest BCUT2D eigenvalue weighted by atomic mass is 16.5. The quantitative estimate of drug-likeness (QED) is 0.627. The second-order valence-electron chi connectivity index (χ2n) is 6.01. The van der Waals surface area contributed by atoms with E-state index in [4.69, 9.17) is 4.74 Å². The summed E-state index contributed by atoms with van der Waals surface area (Å²) in [5, 5.41) is 6.83. The van der Waals surface area contributed by atoms with Gasteiger partial charge in [0.15, 0.2) is 5.96 Å². The largest absolute Gasteiger partial charge is 0.481 e. The van der Waals surface area contributed by atoms with Crippen LogP contribution in [-0.4, -0.2) is 31.6 Å². The lowest BCUT2D eigenvalue weighted by atomic mass is 9.83. The molecule has 22 heavy (non-hydrogen) atoms. The lowest BCUT2D eigenvalue weighted by Crippen LogP contribution is -2.42. The number of methoxy groups -OCH3 is 1. The van der Waals surface area contributed by atoms with Gasteiger partial charge in [-0.1, -0.05) is 25.8 Å². The van der Waals surface area contributed by atoms with Gasteiger partial charge in [-0.2, -0.15) is 0 Å². The number of hydrogen-bond acceptors (Lipinski definition) is 3. The van der Waals surface area contributed by atoms with Crippen molar-refractivity contribution in [2.24, 2.45) is 10.4 Å². The van der Waals surface area contributed by atoms with Crippen LogP contribution in [0.2, 0.25) is 0 Å². The second-order valence-corrected chi connectivity index (χ2v) is 6.01. The van der Waals surface area contributed by atoms with Crippen LogP contribution in [0.4, 0.5) is 0 Å². The number of hydrogen-bond donors (Lipinski definition) is 2. The third kappa shape index (κ3) is 4.12. The number of ether oxygens (including phenoxy) is 1. The highest BCUT2D eigenvalue weighted by Gasteiger charge is 2.31. The van der Waals surface area contributed by atoms with E-state index in [2.05, 4.69) is 27.5 Å². The van der Waals surface area contributed by atoms with Crippen molar-refractivity contribution in [3.05, 3.63) is 23.9 Å². The molecule has 0 bridgehead atoms. The maximum atomic E-state index is 5.27. The Hall–Kier alpha value is -1.78. The van der Waals surface area contributed by atoms with E-state index in [-0.39, 0.29) is 0 Å². The van der Waals surface area contributed by atoms with Crippen LogP contribution in [0.25, 0.3) is 0 Å². The van der Waals surface area contributed by atoms with Gasteiger partial charge in [0.05, 0.1) is 7.11 Å². The van der Waals surface area contributed by atoms with Crippen molar-refractivity contribution < 1.29 is 4.74 Å². The van der Waals surface area contributed by atoms with Crippen molar-refractivity contribution >= 4 is 5.96 Å². The van der Waals surface area contributed by atoms with Crippen molar-refractivity contribution in [3.63, 3.8) is 0 Å². The molecular weight excluding hydrogens is 276 g/mol. The lowest BCUT2D eigenvalue weighted by Gasteiger charge is -2.28. The van der Waals surface area contributed by atoms with Gasteiger partial charge < -0.3 is 15.4 Å². The Balaban J connectivity index is 1.87. The number of aromatic nitrogens is 1. The van der Waals surface area contributed by atoms with Gasteiger partial charge >= 0.3 is 0 Å². The van der Waals surface area contributed by atoms with E-state index in [1.165, 1.54) is 32.1 Å². The van der Waals surface area contributed by atoms with Crippen molar-refractivity contribution in [2.45, 2.75) is 45.6 Å². The molecule has 0 aromatic carbocycles. The average molecular weight is 304 g/mol. The summed E-state index contributed by atoms with van der Waals surface area (Å²) in [7, 11) is 3.45. The van der Waals surface area contributed by atoms with Crippen molar-refractivity contribution in [1.29, 1.82) is 0 Å². The molecule has 1 fully saturated rings. The van der Waals surface area contributed by atoms with Crippen LogP contribution < -0.4 is 15.4 Å². The fourth-order valence-corrected chi connectivity index (χ4v) is 3.19. The van der Waals surface area contributed by atoms with E-state index in [9.17, 15) is 0 Å². The third-order valence-electron chi connectivity index (χ3n) is 4.76. The first-order valence-electron chi connectivity index (χ1n) is 8.15. The number of guanidine groups is 1. The fourth-order valence-electron chi connectivity index (χ4n) is 3.19. The number of aliphatic imine (C=N–C) groups is 1. The minimum Gasteiger partial charge on any atom is -0.481 e. The summed E-state index contributed by atoms with van der Waals surface area (Å²) in [5.74, 6) is 1.50. The number of pyridine rings is 1. The summed E-state index contributed by atoms with van der Waals surface area (Å²) in [4.78, 5) is 8.53. The van der Waals surface area contributed by atoms with E-state index in [1.54, 1.807) is 13.3 Å². The minimum atomic E-state index is 0.448. The Kier molecular flexibility index (Phi) is 6.04. The molecule has 0 spiro atoms. The number of rotatable bonds is 6. The van der Waals surface area contributed by atoms with E-state index in [0.29, 0.717) is 17.8 Å². The first-order valence-corrected chi connectivity index (χ1v) is 8.15. The maximum Gasteiger partial charge on any atom is 0.218 e. The summed E-state index contributed by atoms with van der Waals surface area (Å²) >= 11 is 0. The monoisotopic (exact) mass is 304 g/mol. The van der Waals surface area contributed by atoms with Crippen LogP contribution in [0.15, 0.2) is 23.3 Å². The smallest absolute Gasteiger partial charge is 0.218 e. The molecule has 0 unspecified atom stereocenters. The highest BCUT2D eigenvalue weighted by Crippen LogP contribution is 2.40. The van der Waals surface area contributed by atoms with Crippen LogP contribution in [0.5, 0.6) is 5.88 Å².